The van der Waals surface area contributed by atoms with E-state index in [1.54, 1.807) is 0 Å². The third-order valence-electron chi connectivity index (χ3n) is 5.07. The first-order chi connectivity index (χ1) is 11.6. The minimum Gasteiger partial charge on any atom is -0.445 e. The van der Waals surface area contributed by atoms with Crippen molar-refractivity contribution in [1.82, 2.24) is 20.0 Å². The normalized spacial score (nSPS) is 14.1. The molecular weight excluding hydrogens is 324 g/mol. The fourth-order valence-electron chi connectivity index (χ4n) is 2.68. The second-order valence-corrected chi connectivity index (χ2v) is 10.8. The van der Waals surface area contributed by atoms with Gasteiger partial charge in [-0.05, 0) is 26.7 Å². The molecule has 0 aromatic carbocycles. The second-order valence-electron chi connectivity index (χ2n) is 10.8. The average Bonchev–Trinajstić information content (AvgIpc) is 3.13. The zero-order valence-electron chi connectivity index (χ0n) is 18.3. The maximum atomic E-state index is 6.09. The quantitative estimate of drug-likeness (QED) is 0.721. The molecule has 0 N–H and O–H groups in total. The van der Waals surface area contributed by atoms with Gasteiger partial charge in [0.1, 0.15) is 5.76 Å². The molecule has 5 nitrogen and oxygen atoms in total. The summed E-state index contributed by atoms with van der Waals surface area (Å²) in [7, 11) is 0. The molecule has 0 unspecified atom stereocenters. The van der Waals surface area contributed by atoms with E-state index in [2.05, 4.69) is 90.7 Å². The standard InChI is InChI=1S/C21H36N4O/c1-18(2,3)15-14-25(24-23-15)21(9,10)12-11-20(7,8)17-22-13-16(26-17)19(4,5)6/h13-14H,11-12H2,1-10H3. The minimum absolute atomic E-state index is 0.00897. The van der Waals surface area contributed by atoms with Gasteiger partial charge in [-0.15, -0.1) is 5.10 Å². The van der Waals surface area contributed by atoms with Crippen LogP contribution in [0, 0.1) is 0 Å². The number of hydrogen-bond donors (Lipinski definition) is 0. The highest BCUT2D eigenvalue weighted by molar-refractivity contribution is 5.11. The molecule has 26 heavy (non-hydrogen) atoms. The lowest BCUT2D eigenvalue weighted by atomic mass is 9.83. The molecule has 0 spiro atoms. The van der Waals surface area contributed by atoms with Crippen molar-refractivity contribution >= 4 is 0 Å². The predicted molar refractivity (Wildman–Crippen MR) is 106 cm³/mol. The lowest BCUT2D eigenvalue weighted by molar-refractivity contribution is 0.235. The second kappa shape index (κ2) is 6.50. The van der Waals surface area contributed by atoms with Gasteiger partial charge in [0.15, 0.2) is 5.89 Å². The van der Waals surface area contributed by atoms with Crippen LogP contribution in [0.25, 0.3) is 0 Å². The molecule has 0 amide bonds. The molecule has 146 valence electrons. The number of rotatable bonds is 5. The van der Waals surface area contributed by atoms with Gasteiger partial charge in [-0.1, -0.05) is 60.6 Å². The van der Waals surface area contributed by atoms with Crippen molar-refractivity contribution in [3.63, 3.8) is 0 Å². The Balaban J connectivity index is 2.12. The molecule has 0 saturated heterocycles. The number of hydrogen-bond acceptors (Lipinski definition) is 4. The average molecular weight is 361 g/mol. The summed E-state index contributed by atoms with van der Waals surface area (Å²) in [5.41, 5.74) is 0.758. The highest BCUT2D eigenvalue weighted by Gasteiger charge is 2.33. The van der Waals surface area contributed by atoms with Crippen LogP contribution in [0.1, 0.15) is 99.4 Å². The van der Waals surface area contributed by atoms with Gasteiger partial charge >= 0.3 is 0 Å². The van der Waals surface area contributed by atoms with Crippen molar-refractivity contribution in [2.45, 2.75) is 104 Å². The maximum Gasteiger partial charge on any atom is 0.200 e. The summed E-state index contributed by atoms with van der Waals surface area (Å²) in [5, 5.41) is 8.76. The molecule has 0 fully saturated rings. The predicted octanol–water partition coefficient (Wildman–Crippen LogP) is 5.35. The Bertz CT molecular complexity index is 674. The first-order valence-corrected chi connectivity index (χ1v) is 9.53. The Labute approximate surface area is 158 Å². The molecule has 2 aromatic rings. The maximum absolute atomic E-state index is 6.09. The Kier molecular flexibility index (Phi) is 5.17. The monoisotopic (exact) mass is 360 g/mol. The van der Waals surface area contributed by atoms with E-state index in [1.807, 2.05) is 10.9 Å². The third kappa shape index (κ3) is 4.54. The van der Waals surface area contributed by atoms with E-state index < -0.39 is 0 Å². The molecule has 5 heteroatoms. The van der Waals surface area contributed by atoms with Crippen molar-refractivity contribution in [2.24, 2.45) is 0 Å². The SMILES string of the molecule is CC(C)(C)c1cn(C(C)(C)CCC(C)(C)c2ncc(C(C)(C)C)o2)nn1. The summed E-state index contributed by atoms with van der Waals surface area (Å²) in [4.78, 5) is 4.56. The molecule has 2 aromatic heterocycles. The fraction of sp³-hybridized carbons (Fsp3) is 0.762. The van der Waals surface area contributed by atoms with E-state index >= 15 is 0 Å². The molecule has 0 bridgehead atoms. The largest absolute Gasteiger partial charge is 0.445 e. The topological polar surface area (TPSA) is 56.7 Å². The molecule has 2 rings (SSSR count). The van der Waals surface area contributed by atoms with E-state index in [-0.39, 0.29) is 21.8 Å². The van der Waals surface area contributed by atoms with Gasteiger partial charge in [-0.3, -0.25) is 0 Å². The van der Waals surface area contributed by atoms with Crippen molar-refractivity contribution in [3.8, 4) is 0 Å². The zero-order chi connectivity index (χ0) is 20.0. The van der Waals surface area contributed by atoms with Crippen LogP contribution in [0.3, 0.4) is 0 Å². The molecule has 0 atom stereocenters. The summed E-state index contributed by atoms with van der Waals surface area (Å²) >= 11 is 0. The van der Waals surface area contributed by atoms with Gasteiger partial charge in [0.05, 0.1) is 17.4 Å². The van der Waals surface area contributed by atoms with Gasteiger partial charge in [0, 0.05) is 22.4 Å². The van der Waals surface area contributed by atoms with Gasteiger partial charge in [0.2, 0.25) is 0 Å². The van der Waals surface area contributed by atoms with Crippen molar-refractivity contribution in [1.29, 1.82) is 0 Å². The third-order valence-corrected chi connectivity index (χ3v) is 5.07. The fourth-order valence-corrected chi connectivity index (χ4v) is 2.68. The van der Waals surface area contributed by atoms with E-state index in [4.69, 9.17) is 4.42 Å². The van der Waals surface area contributed by atoms with Gasteiger partial charge in [-0.25, -0.2) is 9.67 Å². The molecule has 0 saturated carbocycles. The van der Waals surface area contributed by atoms with Crippen LogP contribution < -0.4 is 0 Å². The van der Waals surface area contributed by atoms with Crippen LogP contribution in [0.2, 0.25) is 0 Å². The van der Waals surface area contributed by atoms with Crippen LogP contribution in [0.15, 0.2) is 16.8 Å². The van der Waals surface area contributed by atoms with E-state index in [1.165, 1.54) is 0 Å². The Morgan fingerprint density at radius 2 is 1.50 bits per heavy atom. The van der Waals surface area contributed by atoms with E-state index in [0.717, 1.165) is 30.2 Å². The summed E-state index contributed by atoms with van der Waals surface area (Å²) in [6.45, 7) is 21.7. The highest BCUT2D eigenvalue weighted by atomic mass is 16.4. The first-order valence-electron chi connectivity index (χ1n) is 9.53. The summed E-state index contributed by atoms with van der Waals surface area (Å²) in [5.74, 6) is 1.75. The van der Waals surface area contributed by atoms with Crippen LogP contribution in [0.4, 0.5) is 0 Å². The van der Waals surface area contributed by atoms with Gasteiger partial charge in [0.25, 0.3) is 0 Å². The van der Waals surface area contributed by atoms with Gasteiger partial charge in [-0.2, -0.15) is 0 Å². The number of aromatic nitrogens is 4. The lowest BCUT2D eigenvalue weighted by Crippen LogP contribution is -2.30. The molecular formula is C21H36N4O. The zero-order valence-corrected chi connectivity index (χ0v) is 18.3. The molecule has 0 aliphatic rings. The Morgan fingerprint density at radius 3 is 1.96 bits per heavy atom. The van der Waals surface area contributed by atoms with Crippen LogP contribution >= 0.6 is 0 Å². The number of nitrogens with zero attached hydrogens (tertiary/aromatic N) is 4. The van der Waals surface area contributed by atoms with E-state index in [0.29, 0.717) is 0 Å². The number of oxazole rings is 1. The van der Waals surface area contributed by atoms with Crippen LogP contribution in [-0.2, 0) is 21.8 Å². The van der Waals surface area contributed by atoms with Crippen LogP contribution in [-0.4, -0.2) is 20.0 Å². The summed E-state index contributed by atoms with van der Waals surface area (Å²) < 4.78 is 8.09. The lowest BCUT2D eigenvalue weighted by Gasteiger charge is -2.29. The summed E-state index contributed by atoms with van der Waals surface area (Å²) in [6, 6.07) is 0. The Morgan fingerprint density at radius 1 is 0.885 bits per heavy atom. The Hall–Kier alpha value is -1.65. The minimum atomic E-state index is -0.131. The van der Waals surface area contributed by atoms with E-state index in [9.17, 15) is 0 Å². The highest BCUT2D eigenvalue weighted by Crippen LogP contribution is 2.35. The van der Waals surface area contributed by atoms with Crippen molar-refractivity contribution in [2.75, 3.05) is 0 Å². The molecule has 0 aliphatic heterocycles. The molecule has 2 heterocycles. The van der Waals surface area contributed by atoms with Gasteiger partial charge < -0.3 is 4.42 Å². The van der Waals surface area contributed by atoms with Crippen molar-refractivity contribution < 1.29 is 4.42 Å². The first kappa shape index (κ1) is 20.7. The molecule has 0 aliphatic carbocycles. The van der Waals surface area contributed by atoms with Crippen LogP contribution in [0.5, 0.6) is 0 Å². The summed E-state index contributed by atoms with van der Waals surface area (Å²) in [6.07, 6.45) is 5.86. The molecule has 0 radical (unpaired) electrons. The smallest absolute Gasteiger partial charge is 0.200 e. The van der Waals surface area contributed by atoms with Crippen molar-refractivity contribution in [3.05, 3.63) is 29.7 Å².